The van der Waals surface area contributed by atoms with Crippen LogP contribution in [0.25, 0.3) is 5.57 Å². The Hall–Kier alpha value is -2.57. The lowest BCUT2D eigenvalue weighted by Gasteiger charge is -2.19. The number of hydrogen-bond acceptors (Lipinski definition) is 4. The number of benzene rings is 1. The zero-order valence-corrected chi connectivity index (χ0v) is 15.6. The van der Waals surface area contributed by atoms with Gasteiger partial charge in [-0.2, -0.15) is 13.2 Å². The molecule has 0 saturated carbocycles. The molecule has 1 aromatic rings. The predicted octanol–water partition coefficient (Wildman–Crippen LogP) is 5.27. The van der Waals surface area contributed by atoms with Gasteiger partial charge in [-0.1, -0.05) is 26.8 Å². The molecule has 1 aliphatic heterocycles. The Kier molecular flexibility index (Phi) is 6.82. The van der Waals surface area contributed by atoms with Crippen LogP contribution in [0.4, 0.5) is 13.2 Å². The zero-order valence-electron chi connectivity index (χ0n) is 15.6. The Bertz CT molecular complexity index is 764. The van der Waals surface area contributed by atoms with E-state index in [1.807, 2.05) is 6.92 Å². The highest BCUT2D eigenvalue weighted by Crippen LogP contribution is 2.38. The SMILES string of the molecule is CC(C)CC(C)COc1ccc(/C(C=N)=C2\N=CC=CN2)cc1C(F)(F)F. The molecule has 0 saturated heterocycles. The molecule has 0 bridgehead atoms. The van der Waals surface area contributed by atoms with Gasteiger partial charge in [-0.3, -0.25) is 0 Å². The third-order valence-corrected chi connectivity index (χ3v) is 4.00. The minimum Gasteiger partial charge on any atom is -0.493 e. The largest absolute Gasteiger partial charge is 0.493 e. The summed E-state index contributed by atoms with van der Waals surface area (Å²) in [6, 6.07) is 3.83. The monoisotopic (exact) mass is 379 g/mol. The average Bonchev–Trinajstić information content (AvgIpc) is 2.60. The molecule has 0 spiro atoms. The lowest BCUT2D eigenvalue weighted by molar-refractivity contribution is -0.139. The van der Waals surface area contributed by atoms with Crippen molar-refractivity contribution in [1.29, 1.82) is 5.41 Å². The lowest BCUT2D eigenvalue weighted by atomic mass is 9.99. The van der Waals surface area contributed by atoms with Gasteiger partial charge in [0.05, 0.1) is 12.2 Å². The minimum atomic E-state index is -4.56. The average molecular weight is 379 g/mol. The number of nitrogens with one attached hydrogen (secondary N) is 2. The van der Waals surface area contributed by atoms with Crippen molar-refractivity contribution in [2.75, 3.05) is 6.61 Å². The molecule has 0 aliphatic carbocycles. The molecule has 2 rings (SSSR count). The molecule has 27 heavy (non-hydrogen) atoms. The molecule has 146 valence electrons. The highest BCUT2D eigenvalue weighted by Gasteiger charge is 2.35. The number of aliphatic imine (C=N–C) groups is 1. The van der Waals surface area contributed by atoms with Crippen LogP contribution < -0.4 is 10.1 Å². The van der Waals surface area contributed by atoms with E-state index in [-0.39, 0.29) is 29.4 Å². The van der Waals surface area contributed by atoms with Gasteiger partial charge >= 0.3 is 6.18 Å². The van der Waals surface area contributed by atoms with Crippen molar-refractivity contribution in [2.24, 2.45) is 16.8 Å². The molecule has 0 radical (unpaired) electrons. The Morgan fingerprint density at radius 3 is 2.59 bits per heavy atom. The first-order valence-corrected chi connectivity index (χ1v) is 8.77. The Labute approximate surface area is 157 Å². The van der Waals surface area contributed by atoms with Gasteiger partial charge in [0.15, 0.2) is 0 Å². The van der Waals surface area contributed by atoms with Gasteiger partial charge in [-0.25, -0.2) is 4.99 Å². The maximum absolute atomic E-state index is 13.6. The van der Waals surface area contributed by atoms with Crippen LogP contribution in [0.5, 0.6) is 5.75 Å². The van der Waals surface area contributed by atoms with Crippen molar-refractivity contribution in [3.8, 4) is 5.75 Å². The van der Waals surface area contributed by atoms with Crippen molar-refractivity contribution in [3.63, 3.8) is 0 Å². The number of ether oxygens (including phenoxy) is 1. The second kappa shape index (κ2) is 8.88. The summed E-state index contributed by atoms with van der Waals surface area (Å²) < 4.78 is 46.2. The van der Waals surface area contributed by atoms with Gasteiger partial charge in [0, 0.05) is 24.2 Å². The Balaban J connectivity index is 2.34. The molecular formula is C20H24F3N3O. The fourth-order valence-corrected chi connectivity index (χ4v) is 2.91. The molecule has 0 fully saturated rings. The number of nitrogens with zero attached hydrogens (tertiary/aromatic N) is 1. The third-order valence-electron chi connectivity index (χ3n) is 4.00. The molecule has 1 heterocycles. The van der Waals surface area contributed by atoms with Crippen molar-refractivity contribution in [2.45, 2.75) is 33.4 Å². The molecule has 7 heteroatoms. The van der Waals surface area contributed by atoms with Gasteiger partial charge in [0.25, 0.3) is 0 Å². The molecular weight excluding hydrogens is 355 g/mol. The van der Waals surface area contributed by atoms with Crippen molar-refractivity contribution in [3.05, 3.63) is 47.4 Å². The van der Waals surface area contributed by atoms with Crippen LogP contribution in [-0.2, 0) is 6.18 Å². The van der Waals surface area contributed by atoms with E-state index in [2.05, 4.69) is 24.2 Å². The molecule has 1 unspecified atom stereocenters. The number of rotatable bonds is 7. The zero-order chi connectivity index (χ0) is 20.0. The number of hydrogen-bond donors (Lipinski definition) is 2. The van der Waals surface area contributed by atoms with E-state index in [1.54, 1.807) is 12.3 Å². The smallest absolute Gasteiger partial charge is 0.419 e. The number of alkyl halides is 3. The summed E-state index contributed by atoms with van der Waals surface area (Å²) in [5.74, 6) is 0.723. The Morgan fingerprint density at radius 1 is 1.30 bits per heavy atom. The van der Waals surface area contributed by atoms with E-state index in [4.69, 9.17) is 10.1 Å². The normalized spacial score (nSPS) is 16.9. The molecule has 2 N–H and O–H groups in total. The van der Waals surface area contributed by atoms with E-state index in [0.717, 1.165) is 18.7 Å². The Morgan fingerprint density at radius 2 is 2.04 bits per heavy atom. The molecule has 4 nitrogen and oxygen atoms in total. The summed E-state index contributed by atoms with van der Waals surface area (Å²) in [5, 5.41) is 10.4. The fourth-order valence-electron chi connectivity index (χ4n) is 2.91. The first-order valence-electron chi connectivity index (χ1n) is 8.77. The maximum Gasteiger partial charge on any atom is 0.419 e. The van der Waals surface area contributed by atoms with Crippen molar-refractivity contribution < 1.29 is 17.9 Å². The lowest BCUT2D eigenvalue weighted by Crippen LogP contribution is -2.15. The van der Waals surface area contributed by atoms with Gasteiger partial charge in [-0.15, -0.1) is 0 Å². The van der Waals surface area contributed by atoms with Gasteiger partial charge in [0.2, 0.25) is 0 Å². The van der Waals surface area contributed by atoms with Crippen LogP contribution in [0.2, 0.25) is 0 Å². The maximum atomic E-state index is 13.6. The van der Waals surface area contributed by atoms with E-state index in [0.29, 0.717) is 11.7 Å². The summed E-state index contributed by atoms with van der Waals surface area (Å²) in [6.07, 6.45) is 2.06. The van der Waals surface area contributed by atoms with E-state index >= 15 is 0 Å². The minimum absolute atomic E-state index is 0.151. The van der Waals surface area contributed by atoms with Crippen molar-refractivity contribution in [1.82, 2.24) is 5.32 Å². The topological polar surface area (TPSA) is 57.5 Å². The van der Waals surface area contributed by atoms with E-state index < -0.39 is 11.7 Å². The quantitative estimate of drug-likeness (QED) is 0.634. The van der Waals surface area contributed by atoms with Gasteiger partial charge in [0.1, 0.15) is 11.6 Å². The van der Waals surface area contributed by atoms with Crippen LogP contribution in [0, 0.1) is 17.2 Å². The second-order valence-corrected chi connectivity index (χ2v) is 6.94. The summed E-state index contributed by atoms with van der Waals surface area (Å²) in [7, 11) is 0. The molecule has 1 aliphatic rings. The van der Waals surface area contributed by atoms with Crippen LogP contribution in [0.15, 0.2) is 41.3 Å². The van der Waals surface area contributed by atoms with E-state index in [1.165, 1.54) is 18.3 Å². The summed E-state index contributed by atoms with van der Waals surface area (Å²) in [5.41, 5.74) is -0.345. The highest BCUT2D eigenvalue weighted by atomic mass is 19.4. The first-order chi connectivity index (χ1) is 12.7. The number of halogens is 3. The van der Waals surface area contributed by atoms with Crippen LogP contribution >= 0.6 is 0 Å². The van der Waals surface area contributed by atoms with Crippen molar-refractivity contribution >= 4 is 18.0 Å². The summed E-state index contributed by atoms with van der Waals surface area (Å²) in [4.78, 5) is 4.07. The number of allylic oxidation sites excluding steroid dienone is 2. The third kappa shape index (κ3) is 5.70. The highest BCUT2D eigenvalue weighted by molar-refractivity contribution is 6.10. The first kappa shape index (κ1) is 20.7. The molecule has 1 atom stereocenters. The second-order valence-electron chi connectivity index (χ2n) is 6.94. The van der Waals surface area contributed by atoms with E-state index in [9.17, 15) is 13.2 Å². The predicted molar refractivity (Wildman–Crippen MR) is 102 cm³/mol. The van der Waals surface area contributed by atoms with Gasteiger partial charge < -0.3 is 15.5 Å². The molecule has 0 amide bonds. The fraction of sp³-hybridized carbons (Fsp3) is 0.400. The van der Waals surface area contributed by atoms with Crippen LogP contribution in [0.1, 0.15) is 38.3 Å². The standard InChI is InChI=1S/C20H24F3N3O/c1-13(2)9-14(3)12-27-18-6-5-15(10-17(18)20(21,22)23)16(11-24)19-25-7-4-8-26-19/h4-8,10-11,13-14,24-25H,9,12H2,1-3H3/b19-16-,24-11?. The van der Waals surface area contributed by atoms with Crippen LogP contribution in [0.3, 0.4) is 0 Å². The summed E-state index contributed by atoms with van der Waals surface area (Å²) in [6.45, 7) is 6.31. The van der Waals surface area contributed by atoms with Crippen LogP contribution in [-0.4, -0.2) is 19.0 Å². The molecule has 1 aromatic carbocycles. The van der Waals surface area contributed by atoms with Gasteiger partial charge in [-0.05, 0) is 42.0 Å². The molecule has 0 aromatic heterocycles. The summed E-state index contributed by atoms with van der Waals surface area (Å²) >= 11 is 0.